The number of phosphoric ester groups is 1. The fourth-order valence-electron chi connectivity index (χ4n) is 12.6. The normalized spacial score (nSPS) is 18.8. The van der Waals surface area contributed by atoms with Gasteiger partial charge in [-0.05, 0) is 98.4 Å². The first-order chi connectivity index (χ1) is 53.1. The number of carboxylic acid groups (broad SMARTS) is 3. The number of aliphatic hydroxyl groups is 1. The van der Waals surface area contributed by atoms with Crippen LogP contribution in [0.15, 0.2) is 77.2 Å². The number of aryl methyl sites for hydroxylation is 2. The third kappa shape index (κ3) is 28.1. The van der Waals surface area contributed by atoms with Crippen LogP contribution in [0.4, 0.5) is 5.82 Å². The number of amides is 6. The fraction of sp³-hybridized carbons (Fsp3) is 0.514. The van der Waals surface area contributed by atoms with Crippen molar-refractivity contribution < 1.29 is 124 Å². The third-order valence-corrected chi connectivity index (χ3v) is 24.0. The van der Waals surface area contributed by atoms with Gasteiger partial charge in [0, 0.05) is 87.5 Å². The maximum Gasteiger partial charge on any atom is 0.490 e. The van der Waals surface area contributed by atoms with Crippen molar-refractivity contribution in [3.05, 3.63) is 111 Å². The summed E-state index contributed by atoms with van der Waals surface area (Å²) in [5, 5.41) is 51.4. The monoisotopic (exact) mass is 1660 g/mol. The third-order valence-electron chi connectivity index (χ3n) is 17.7. The Bertz CT molecular complexity index is 4390. The van der Waals surface area contributed by atoms with Gasteiger partial charge in [-0.3, -0.25) is 47.9 Å². The van der Waals surface area contributed by atoms with Crippen LogP contribution in [0.25, 0.3) is 11.0 Å². The van der Waals surface area contributed by atoms with Crippen molar-refractivity contribution >= 4 is 121 Å². The average Bonchev–Trinajstić information content (AvgIpc) is 0.973. The molecule has 7 rings (SSSR count). The second-order valence-corrected chi connectivity index (χ2v) is 33.3. The van der Waals surface area contributed by atoms with Gasteiger partial charge in [0.25, 0.3) is 5.91 Å². The Balaban J connectivity index is 0.829. The number of nitrogens with one attached hydrogen (secondary N) is 5. The minimum absolute atomic E-state index is 0.00464. The van der Waals surface area contributed by atoms with E-state index in [2.05, 4.69) is 107 Å². The molecule has 8 unspecified atom stereocenters. The fourth-order valence-corrected chi connectivity index (χ4v) is 17.7. The molecule has 37 nitrogen and oxygen atoms in total. The van der Waals surface area contributed by atoms with Gasteiger partial charge in [-0.2, -0.15) is 8.62 Å². The van der Waals surface area contributed by atoms with Crippen LogP contribution in [0.2, 0.25) is 0 Å². The van der Waals surface area contributed by atoms with Crippen molar-refractivity contribution in [1.82, 2.24) is 46.0 Å². The number of nitrogen functional groups attached to an aromatic ring is 1. The van der Waals surface area contributed by atoms with E-state index in [4.69, 9.17) is 34.7 Å². The first-order valence-electron chi connectivity index (χ1n) is 35.7. The van der Waals surface area contributed by atoms with E-state index in [0.29, 0.717) is 36.6 Å². The van der Waals surface area contributed by atoms with Crippen molar-refractivity contribution in [2.75, 3.05) is 83.5 Å². The number of benzene rings is 2. The molecule has 0 spiro atoms. The number of nitrogens with two attached hydrogens (primary N) is 1. The number of hydrogen-bond acceptors (Lipinski definition) is 25. The summed E-state index contributed by atoms with van der Waals surface area (Å²) in [6, 6.07) is 7.19. The van der Waals surface area contributed by atoms with Crippen molar-refractivity contribution in [2.24, 2.45) is 10.9 Å². The first-order valence-corrected chi connectivity index (χ1v) is 42.7. The number of aromatic nitrogens is 3. The number of fused-ring (bicyclic) bond motifs is 3. The number of phosphoric acid groups is 3. The van der Waals surface area contributed by atoms with Gasteiger partial charge in [-0.1, -0.05) is 88.8 Å². The number of ether oxygens (including phenoxy) is 3. The average molecular weight is 1660 g/mol. The number of rotatable bonds is 45. The second-order valence-electron chi connectivity index (χ2n) is 26.2. The van der Waals surface area contributed by atoms with Crippen molar-refractivity contribution in [3.63, 3.8) is 0 Å². The van der Waals surface area contributed by atoms with E-state index in [1.807, 2.05) is 30.4 Å². The molecule has 10 atom stereocenters. The lowest BCUT2D eigenvalue weighted by Gasteiger charge is -2.38. The van der Waals surface area contributed by atoms with Crippen molar-refractivity contribution in [1.29, 1.82) is 0 Å². The van der Waals surface area contributed by atoms with Gasteiger partial charge in [0.1, 0.15) is 48.2 Å². The molecule has 3 aliphatic rings. The van der Waals surface area contributed by atoms with Crippen LogP contribution in [-0.2, 0) is 92.2 Å². The lowest BCUT2D eigenvalue weighted by molar-refractivity contribution is -0.148. The van der Waals surface area contributed by atoms with Crippen LogP contribution in [0.3, 0.4) is 0 Å². The molecule has 0 radical (unpaired) electrons. The zero-order valence-corrected chi connectivity index (χ0v) is 66.4. The smallest absolute Gasteiger partial charge is 0.481 e. The van der Waals surface area contributed by atoms with E-state index < -0.39 is 121 Å². The first kappa shape index (κ1) is 90.9. The summed E-state index contributed by atoms with van der Waals surface area (Å²) in [4.78, 5) is 167. The standard InChI is InChI=1S/C70H94N11O26P3S2/c1-6-13-43-32-45-33-46-34-52(72-7-2)42(4)31-50(46)64(49(45)30-41(43)3)47-15-8-9-16-48(47)69(92)80(5)23-11-18-57(83)74-22-25-103-27-26-102-24-19-59(85)77-51(67(90)78-53(35-61(86)87)68(91)79-54(70(93)94)36-62(88)89)17-12-28-111-112-29-20-58(84)73-21-10-14-44-38-81(66-63(44)65(71)75-40-76-66)60-37-55(82)56(105-60)39-104-109(98,99)107-110(100,101)106-108(95,96)97/h8-9,15-16,30-32,34,38,40,50-51,53-56,60,64,82H,6-7,11-13,17-29,33,35-37,39H2,1-5H3,(H,73,84)(H,74,83)(H,77,85)(H,78,90)(H,79,91)(H,86,87)(H,88,89)(H,93,94)(H,98,99)(H,100,101)(H2,71,75,76)(H2,95,96,97)/t50?,51?,53?,54?,55?,56-,60-,64?/m1/s1. The topological polar surface area (TPSA) is 555 Å². The van der Waals surface area contributed by atoms with Crippen molar-refractivity contribution in [3.8, 4) is 11.8 Å². The Morgan fingerprint density at radius 2 is 1.49 bits per heavy atom. The zero-order valence-electron chi connectivity index (χ0n) is 62.1. The number of hydrogen-bond donors (Lipinski definition) is 14. The molecule has 2 aromatic carbocycles. The second kappa shape index (κ2) is 43.3. The van der Waals surface area contributed by atoms with Crippen LogP contribution >= 0.6 is 45.1 Å². The van der Waals surface area contributed by atoms with E-state index in [0.717, 1.165) is 42.4 Å². The number of nitrogens with zero attached hydrogens (tertiary/aromatic N) is 5. The summed E-state index contributed by atoms with van der Waals surface area (Å²) in [7, 11) is -12.7. The number of carbonyl (C=O) groups is 9. The number of aliphatic carboxylic acids is 3. The van der Waals surface area contributed by atoms with Gasteiger partial charge in [0.2, 0.25) is 29.5 Å². The summed E-state index contributed by atoms with van der Waals surface area (Å²) in [5.41, 5.74) is 16.6. The summed E-state index contributed by atoms with van der Waals surface area (Å²) in [5.74, 6) is -2.46. The number of aliphatic imine (C=N–C) groups is 1. The van der Waals surface area contributed by atoms with Crippen LogP contribution < -0.4 is 32.3 Å². The van der Waals surface area contributed by atoms with Gasteiger partial charge >= 0.3 is 41.4 Å². The summed E-state index contributed by atoms with van der Waals surface area (Å²) in [6.07, 6.45) is 4.34. The maximum atomic E-state index is 14.4. The maximum absolute atomic E-state index is 14.4. The Labute approximate surface area is 652 Å². The van der Waals surface area contributed by atoms with Crippen LogP contribution in [0.5, 0.6) is 0 Å². The Morgan fingerprint density at radius 1 is 0.804 bits per heavy atom. The Kier molecular flexibility index (Phi) is 35.2. The van der Waals surface area contributed by atoms with Gasteiger partial charge in [-0.25, -0.2) is 28.5 Å². The van der Waals surface area contributed by atoms with E-state index in [1.54, 1.807) is 11.9 Å². The molecule has 612 valence electrons. The molecule has 0 saturated carbocycles. The molecular weight excluding hydrogens is 1570 g/mol. The molecular formula is C70H94N11O26P3S2. The minimum Gasteiger partial charge on any atom is -0.481 e. The minimum atomic E-state index is -5.81. The van der Waals surface area contributed by atoms with E-state index in [9.17, 15) is 87.1 Å². The Hall–Kier alpha value is -8.25. The quantitative estimate of drug-likeness (QED) is 0.0125. The number of carboxylic acids is 3. The number of carbonyl (C=O) groups excluding carboxylic acids is 6. The van der Waals surface area contributed by atoms with E-state index in [-0.39, 0.29) is 124 Å². The lowest BCUT2D eigenvalue weighted by atomic mass is 9.65. The molecule has 42 heteroatoms. The van der Waals surface area contributed by atoms with Gasteiger partial charge < -0.3 is 96.0 Å². The molecule has 1 aliphatic heterocycles. The van der Waals surface area contributed by atoms with E-state index in [1.165, 1.54) is 60.2 Å². The predicted molar refractivity (Wildman–Crippen MR) is 409 cm³/mol. The molecule has 6 amide bonds. The van der Waals surface area contributed by atoms with Crippen molar-refractivity contribution in [2.45, 2.75) is 147 Å². The van der Waals surface area contributed by atoms with Gasteiger partial charge in [0.15, 0.2) is 0 Å². The lowest BCUT2D eigenvalue weighted by Crippen LogP contribution is -2.56. The molecule has 15 N–H and O–H groups in total. The molecule has 1 fully saturated rings. The SMILES string of the molecule is CCCc1cc2c(cc1C)C(c1ccccc1C(=O)N(C)CCCC(=O)NCCOCCOCCC(=O)NC(CCCSSCCC(=O)NCC#Cc1cn([C@H]3CC(O)[C@@H](COP(=O)(O)OP(=O)(O)OP(=O)(O)O)O3)c3ncnc(N)c13)C(=O)NC(CC(=O)O)C(=O)NC(CC(=O)O)C(=O)O)C1C=C(C)C(=NCC)C=C1C2. The molecule has 4 aromatic rings. The highest BCUT2D eigenvalue weighted by Gasteiger charge is 2.44. The summed E-state index contributed by atoms with van der Waals surface area (Å²) >= 11 is 0. The summed E-state index contributed by atoms with van der Waals surface area (Å²) in [6.45, 7) is 8.68. The molecule has 3 heterocycles. The summed E-state index contributed by atoms with van der Waals surface area (Å²) < 4.78 is 65.5. The van der Waals surface area contributed by atoms with Gasteiger partial charge in [0.05, 0.1) is 75.2 Å². The molecule has 0 bridgehead atoms. The van der Waals surface area contributed by atoms with Crippen LogP contribution in [0.1, 0.15) is 141 Å². The number of aliphatic hydroxyl groups excluding tert-OH is 1. The molecule has 2 aliphatic carbocycles. The number of allylic oxidation sites excluding steroid dienone is 4. The predicted octanol–water partition coefficient (Wildman–Crippen LogP) is 4.52. The highest BCUT2D eigenvalue weighted by Crippen LogP contribution is 2.66. The largest absolute Gasteiger partial charge is 0.490 e. The zero-order chi connectivity index (χ0) is 82.0. The number of anilines is 1. The van der Waals surface area contributed by atoms with Crippen LogP contribution in [0, 0.1) is 24.7 Å². The Morgan fingerprint density at radius 3 is 2.20 bits per heavy atom. The van der Waals surface area contributed by atoms with Gasteiger partial charge in [-0.15, -0.1) is 0 Å². The highest BCUT2D eigenvalue weighted by atomic mass is 33.1. The van der Waals surface area contributed by atoms with E-state index >= 15 is 0 Å². The molecule has 2 aromatic heterocycles. The highest BCUT2D eigenvalue weighted by molar-refractivity contribution is 8.76. The molecule has 112 heavy (non-hydrogen) atoms. The molecule has 1 saturated heterocycles. The van der Waals surface area contributed by atoms with Crippen LogP contribution in [-0.4, -0.2) is 227 Å².